The predicted octanol–water partition coefficient (Wildman–Crippen LogP) is 5.28. The smallest absolute Gasteiger partial charge is 0.322 e. The Balaban J connectivity index is 1.55. The summed E-state index contributed by atoms with van der Waals surface area (Å²) in [7, 11) is 1.84. The molecule has 0 saturated heterocycles. The van der Waals surface area contributed by atoms with Crippen LogP contribution in [-0.4, -0.2) is 36.6 Å². The summed E-state index contributed by atoms with van der Waals surface area (Å²) in [5.41, 5.74) is 6.84. The fraction of sp³-hybridized carbons (Fsp3) is 0.207. The number of anilines is 5. The number of carbonyl (C=O) groups excluding carboxylic acids is 2. The second-order valence-corrected chi connectivity index (χ2v) is 9.62. The van der Waals surface area contributed by atoms with Crippen LogP contribution in [0.25, 0.3) is 0 Å². The van der Waals surface area contributed by atoms with Crippen molar-refractivity contribution in [2.45, 2.75) is 33.9 Å². The zero-order valence-electron chi connectivity index (χ0n) is 22.4. The van der Waals surface area contributed by atoms with Gasteiger partial charge in [-0.25, -0.2) is 14.7 Å². The standard InChI is InChI=1S/C29H30N8O2/c1-6-26(38)31-23-8-7-9-24(13-23)37-27-22(14-30-28(33-27)32-25-17-35(5)34-20(25)4)16-36(29(37)39)15-21-11-10-18(2)12-19(21)3/h6-14,17H,1,15-16H2,2-5H3,(H,31,38)(H,30,32,33). The van der Waals surface area contributed by atoms with Gasteiger partial charge in [-0.2, -0.15) is 10.1 Å². The van der Waals surface area contributed by atoms with Gasteiger partial charge in [0, 0.05) is 37.2 Å². The number of hydrogen-bond donors (Lipinski definition) is 2. The van der Waals surface area contributed by atoms with Crippen molar-refractivity contribution in [3.05, 3.63) is 95.5 Å². The van der Waals surface area contributed by atoms with Crippen LogP contribution >= 0.6 is 0 Å². The van der Waals surface area contributed by atoms with Crippen molar-refractivity contribution < 1.29 is 9.59 Å². The van der Waals surface area contributed by atoms with Crippen LogP contribution in [-0.2, 0) is 24.9 Å². The monoisotopic (exact) mass is 522 g/mol. The van der Waals surface area contributed by atoms with Crippen LogP contribution in [0.5, 0.6) is 0 Å². The molecule has 0 radical (unpaired) electrons. The highest BCUT2D eigenvalue weighted by Gasteiger charge is 2.34. The van der Waals surface area contributed by atoms with E-state index in [-0.39, 0.29) is 11.9 Å². The van der Waals surface area contributed by atoms with Crippen molar-refractivity contribution >= 4 is 40.8 Å². The second kappa shape index (κ2) is 10.4. The molecule has 10 nitrogen and oxygen atoms in total. The van der Waals surface area contributed by atoms with E-state index >= 15 is 0 Å². The lowest BCUT2D eigenvalue weighted by Gasteiger charge is -2.36. The highest BCUT2D eigenvalue weighted by Crippen LogP contribution is 2.36. The predicted molar refractivity (Wildman–Crippen MR) is 151 cm³/mol. The van der Waals surface area contributed by atoms with Crippen LogP contribution in [0.15, 0.2) is 67.5 Å². The molecule has 0 saturated carbocycles. The normalized spacial score (nSPS) is 12.8. The molecule has 1 aliphatic heterocycles. The molecule has 0 unspecified atom stereocenters. The largest absolute Gasteiger partial charge is 0.330 e. The third-order valence-corrected chi connectivity index (χ3v) is 6.55. The quantitative estimate of drug-likeness (QED) is 0.320. The Morgan fingerprint density at radius 2 is 1.97 bits per heavy atom. The SMILES string of the molecule is C=CC(=O)Nc1cccc(N2C(=O)N(Cc3ccc(C)cc3C)Cc3cnc(Nc4cn(C)nc4C)nc32)c1. The Kier molecular flexibility index (Phi) is 6.84. The highest BCUT2D eigenvalue weighted by atomic mass is 16.2. The zero-order valence-corrected chi connectivity index (χ0v) is 22.4. The van der Waals surface area contributed by atoms with Gasteiger partial charge >= 0.3 is 6.03 Å². The van der Waals surface area contributed by atoms with Crippen LogP contribution in [0, 0.1) is 20.8 Å². The summed E-state index contributed by atoms with van der Waals surface area (Å²) in [4.78, 5) is 38.6. The van der Waals surface area contributed by atoms with Gasteiger partial charge in [0.1, 0.15) is 0 Å². The average Bonchev–Trinajstić information content (AvgIpc) is 3.22. The van der Waals surface area contributed by atoms with Crippen molar-refractivity contribution in [1.29, 1.82) is 0 Å². The molecule has 0 spiro atoms. The van der Waals surface area contributed by atoms with E-state index in [4.69, 9.17) is 4.98 Å². The molecule has 3 heterocycles. The van der Waals surface area contributed by atoms with Gasteiger partial charge in [-0.1, -0.05) is 36.4 Å². The van der Waals surface area contributed by atoms with E-state index in [1.807, 2.05) is 26.2 Å². The molecule has 10 heteroatoms. The number of fused-ring (bicyclic) bond motifs is 1. The molecule has 2 N–H and O–H groups in total. The van der Waals surface area contributed by atoms with E-state index in [0.29, 0.717) is 36.2 Å². The molecule has 0 fully saturated rings. The molecule has 4 aromatic rings. The number of hydrogen-bond acceptors (Lipinski definition) is 6. The van der Waals surface area contributed by atoms with Crippen LogP contribution in [0.2, 0.25) is 0 Å². The third kappa shape index (κ3) is 5.35. The minimum atomic E-state index is -0.338. The molecule has 5 rings (SSSR count). The number of urea groups is 1. The van der Waals surface area contributed by atoms with E-state index in [2.05, 4.69) is 59.3 Å². The van der Waals surface area contributed by atoms with E-state index in [9.17, 15) is 9.59 Å². The van der Waals surface area contributed by atoms with Gasteiger partial charge in [0.05, 0.1) is 23.6 Å². The molecule has 0 atom stereocenters. The van der Waals surface area contributed by atoms with Gasteiger partial charge in [0.25, 0.3) is 0 Å². The van der Waals surface area contributed by atoms with Crippen LogP contribution < -0.4 is 15.5 Å². The number of benzene rings is 2. The van der Waals surface area contributed by atoms with Crippen LogP contribution in [0.4, 0.5) is 33.6 Å². The molecule has 3 amide bonds. The van der Waals surface area contributed by atoms with Crippen molar-refractivity contribution in [3.63, 3.8) is 0 Å². The topological polar surface area (TPSA) is 108 Å². The fourth-order valence-corrected chi connectivity index (χ4v) is 4.61. The number of nitrogens with zero attached hydrogens (tertiary/aromatic N) is 6. The maximum atomic E-state index is 14.0. The van der Waals surface area contributed by atoms with Crippen LogP contribution in [0.1, 0.15) is 27.9 Å². The first-order valence-electron chi connectivity index (χ1n) is 12.5. The van der Waals surface area contributed by atoms with Gasteiger partial charge in [0.15, 0.2) is 5.82 Å². The molecule has 0 bridgehead atoms. The Bertz CT molecular complexity index is 1590. The van der Waals surface area contributed by atoms with E-state index in [0.717, 1.165) is 28.1 Å². The number of aryl methyl sites for hydroxylation is 4. The molecular weight excluding hydrogens is 492 g/mol. The van der Waals surface area contributed by atoms with Gasteiger partial charge in [-0.3, -0.25) is 9.48 Å². The number of aromatic nitrogens is 4. The summed E-state index contributed by atoms with van der Waals surface area (Å²) in [5.74, 6) is 0.486. The average molecular weight is 523 g/mol. The summed E-state index contributed by atoms with van der Waals surface area (Å²) < 4.78 is 1.71. The first-order chi connectivity index (χ1) is 18.7. The summed E-state index contributed by atoms with van der Waals surface area (Å²) in [5, 5.41) is 10.3. The third-order valence-electron chi connectivity index (χ3n) is 6.55. The zero-order chi connectivity index (χ0) is 27.7. The van der Waals surface area contributed by atoms with Gasteiger partial charge in [-0.15, -0.1) is 0 Å². The molecule has 0 aliphatic carbocycles. The number of carbonyl (C=O) groups is 2. The lowest BCUT2D eigenvalue weighted by molar-refractivity contribution is -0.111. The maximum absolute atomic E-state index is 14.0. The van der Waals surface area contributed by atoms with Crippen molar-refractivity contribution in [1.82, 2.24) is 24.6 Å². The Morgan fingerprint density at radius 3 is 2.69 bits per heavy atom. The lowest BCUT2D eigenvalue weighted by Crippen LogP contribution is -2.45. The van der Waals surface area contributed by atoms with Crippen molar-refractivity contribution in [2.24, 2.45) is 7.05 Å². The summed E-state index contributed by atoms with van der Waals surface area (Å²) in [6, 6.07) is 13.1. The first-order valence-corrected chi connectivity index (χ1v) is 12.5. The summed E-state index contributed by atoms with van der Waals surface area (Å²) in [6.45, 7) is 10.3. The Labute approximate surface area is 227 Å². The fourth-order valence-electron chi connectivity index (χ4n) is 4.61. The first kappa shape index (κ1) is 25.7. The van der Waals surface area contributed by atoms with Crippen molar-refractivity contribution in [2.75, 3.05) is 15.5 Å². The van der Waals surface area contributed by atoms with E-state index < -0.39 is 0 Å². The molecule has 2 aromatic carbocycles. The van der Waals surface area contributed by atoms with Gasteiger partial charge in [-0.05, 0) is 56.2 Å². The lowest BCUT2D eigenvalue weighted by atomic mass is 10.0. The van der Waals surface area contributed by atoms with E-state index in [1.54, 1.807) is 38.9 Å². The van der Waals surface area contributed by atoms with Gasteiger partial charge in [0.2, 0.25) is 11.9 Å². The van der Waals surface area contributed by atoms with Crippen LogP contribution in [0.3, 0.4) is 0 Å². The number of nitrogens with one attached hydrogen (secondary N) is 2. The summed E-state index contributed by atoms with van der Waals surface area (Å²) in [6.07, 6.45) is 4.79. The van der Waals surface area contributed by atoms with E-state index in [1.165, 1.54) is 11.6 Å². The molecule has 198 valence electrons. The Morgan fingerprint density at radius 1 is 1.15 bits per heavy atom. The number of rotatable bonds is 7. The van der Waals surface area contributed by atoms with Crippen molar-refractivity contribution in [3.8, 4) is 0 Å². The second-order valence-electron chi connectivity index (χ2n) is 9.62. The molecule has 39 heavy (non-hydrogen) atoms. The highest BCUT2D eigenvalue weighted by molar-refractivity contribution is 6.03. The van der Waals surface area contributed by atoms with Gasteiger partial charge < -0.3 is 15.5 Å². The molecule has 1 aliphatic rings. The minimum absolute atomic E-state index is 0.225. The minimum Gasteiger partial charge on any atom is -0.322 e. The molecule has 2 aromatic heterocycles. The maximum Gasteiger partial charge on any atom is 0.330 e. The molecular formula is C29H30N8O2. The summed E-state index contributed by atoms with van der Waals surface area (Å²) >= 11 is 0. The number of amides is 3. The Hall–Kier alpha value is -4.99.